The highest BCUT2D eigenvalue weighted by atomic mass is 16.5. The highest BCUT2D eigenvalue weighted by Crippen LogP contribution is 2.38. The second kappa shape index (κ2) is 12.0. The van der Waals surface area contributed by atoms with Gasteiger partial charge in [0, 0.05) is 5.56 Å². The second-order valence-corrected chi connectivity index (χ2v) is 9.11. The SMILES string of the molecule is COc1ccc(/C(C)=C(\Nc2cccc(C(N)=O)n2)Nc2c(-c3ccccc3)c(-c3ccccc3)nn2C=O)cc1. The lowest BCUT2D eigenvalue weighted by molar-refractivity contribution is 0.0995. The van der Waals surface area contributed by atoms with Gasteiger partial charge in [0.2, 0.25) is 6.41 Å². The van der Waals surface area contributed by atoms with Crippen LogP contribution < -0.4 is 21.1 Å². The molecule has 0 unspecified atom stereocenters. The molecule has 0 aliphatic rings. The Labute approximate surface area is 237 Å². The Morgan fingerprint density at radius 3 is 2.12 bits per heavy atom. The Balaban J connectivity index is 1.69. The van der Waals surface area contributed by atoms with E-state index in [2.05, 4.69) is 20.7 Å². The highest BCUT2D eigenvalue weighted by Gasteiger charge is 2.22. The number of ether oxygens (including phenoxy) is 1. The number of benzene rings is 3. The summed E-state index contributed by atoms with van der Waals surface area (Å²) in [7, 11) is 1.61. The van der Waals surface area contributed by atoms with Crippen molar-refractivity contribution in [3.63, 3.8) is 0 Å². The Morgan fingerprint density at radius 1 is 0.854 bits per heavy atom. The van der Waals surface area contributed by atoms with Gasteiger partial charge in [0.05, 0.1) is 12.7 Å². The Bertz CT molecular complexity index is 1710. The molecule has 0 aliphatic heterocycles. The van der Waals surface area contributed by atoms with Crippen LogP contribution in [-0.2, 0) is 4.79 Å². The van der Waals surface area contributed by atoms with E-state index < -0.39 is 5.91 Å². The zero-order valence-corrected chi connectivity index (χ0v) is 22.5. The van der Waals surface area contributed by atoms with Crippen molar-refractivity contribution in [1.82, 2.24) is 14.8 Å². The molecule has 0 atom stereocenters. The standard InChI is InChI=1S/C32H28N6O3/c1-21(22-16-18-25(41-2)19-17-22)31(35-27-15-9-14-26(34-27)30(33)40)36-32-28(23-10-5-3-6-11-23)29(37-38(32)20-39)24-12-7-4-8-13-24/h3-20,36H,1-2H3,(H2,33,40)(H,34,35)/b31-21+. The fourth-order valence-corrected chi connectivity index (χ4v) is 4.40. The molecule has 0 aliphatic carbocycles. The maximum atomic E-state index is 12.4. The fraction of sp³-hybridized carbons (Fsp3) is 0.0625. The average molecular weight is 545 g/mol. The topological polar surface area (TPSA) is 124 Å². The molecule has 204 valence electrons. The number of pyridine rings is 1. The predicted octanol–water partition coefficient (Wildman–Crippen LogP) is 5.67. The van der Waals surface area contributed by atoms with Crippen molar-refractivity contribution in [3.8, 4) is 28.1 Å². The van der Waals surface area contributed by atoms with Gasteiger partial charge in [-0.05, 0) is 47.9 Å². The summed E-state index contributed by atoms with van der Waals surface area (Å²) in [5, 5.41) is 11.4. The van der Waals surface area contributed by atoms with Gasteiger partial charge in [-0.3, -0.25) is 9.59 Å². The van der Waals surface area contributed by atoms with Crippen LogP contribution in [0, 0.1) is 0 Å². The minimum absolute atomic E-state index is 0.116. The average Bonchev–Trinajstić information content (AvgIpc) is 3.39. The number of amides is 1. The summed E-state index contributed by atoms with van der Waals surface area (Å²) < 4.78 is 6.60. The van der Waals surface area contributed by atoms with Crippen LogP contribution in [0.25, 0.3) is 28.0 Å². The summed E-state index contributed by atoms with van der Waals surface area (Å²) in [6, 6.07) is 31.9. The smallest absolute Gasteiger partial charge is 0.267 e. The Kier molecular flexibility index (Phi) is 7.87. The number of hydrogen-bond acceptors (Lipinski definition) is 7. The van der Waals surface area contributed by atoms with Crippen molar-refractivity contribution in [3.05, 3.63) is 120 Å². The van der Waals surface area contributed by atoms with Crippen molar-refractivity contribution >= 4 is 29.5 Å². The number of nitrogens with one attached hydrogen (secondary N) is 2. The van der Waals surface area contributed by atoms with Gasteiger partial charge in [0.25, 0.3) is 5.91 Å². The summed E-state index contributed by atoms with van der Waals surface area (Å²) in [5.41, 5.74) is 10.4. The quantitative estimate of drug-likeness (QED) is 0.194. The normalized spacial score (nSPS) is 11.4. The molecule has 0 bridgehead atoms. The highest BCUT2D eigenvalue weighted by molar-refractivity contribution is 5.93. The third kappa shape index (κ3) is 5.84. The molecule has 0 fully saturated rings. The summed E-state index contributed by atoms with van der Waals surface area (Å²) in [6.45, 7) is 1.93. The van der Waals surface area contributed by atoms with Crippen molar-refractivity contribution in [2.24, 2.45) is 5.73 Å². The minimum atomic E-state index is -0.642. The molecular weight excluding hydrogens is 516 g/mol. The van der Waals surface area contributed by atoms with Crippen LogP contribution in [0.4, 0.5) is 11.6 Å². The molecule has 2 heterocycles. The molecule has 0 saturated carbocycles. The molecule has 41 heavy (non-hydrogen) atoms. The number of carbonyl (C=O) groups is 2. The lowest BCUT2D eigenvalue weighted by Crippen LogP contribution is -2.18. The maximum absolute atomic E-state index is 12.4. The van der Waals surface area contributed by atoms with Crippen LogP contribution in [0.5, 0.6) is 5.75 Å². The first-order valence-corrected chi connectivity index (χ1v) is 12.8. The maximum Gasteiger partial charge on any atom is 0.267 e. The van der Waals surface area contributed by atoms with E-state index in [-0.39, 0.29) is 5.69 Å². The molecular formula is C32H28N6O3. The van der Waals surface area contributed by atoms with Gasteiger partial charge < -0.3 is 21.1 Å². The second-order valence-electron chi connectivity index (χ2n) is 9.11. The Hall–Kier alpha value is -5.70. The van der Waals surface area contributed by atoms with Crippen molar-refractivity contribution in [2.45, 2.75) is 6.92 Å². The summed E-state index contributed by atoms with van der Waals surface area (Å²) >= 11 is 0. The van der Waals surface area contributed by atoms with Crippen LogP contribution in [0.2, 0.25) is 0 Å². The van der Waals surface area contributed by atoms with E-state index in [0.717, 1.165) is 33.6 Å². The zero-order chi connectivity index (χ0) is 28.8. The third-order valence-electron chi connectivity index (χ3n) is 6.52. The van der Waals surface area contributed by atoms with Gasteiger partial charge in [-0.15, -0.1) is 0 Å². The predicted molar refractivity (Wildman–Crippen MR) is 161 cm³/mol. The lowest BCUT2D eigenvalue weighted by atomic mass is 10.0. The summed E-state index contributed by atoms with van der Waals surface area (Å²) in [5.74, 6) is 1.43. The third-order valence-corrected chi connectivity index (χ3v) is 6.52. The van der Waals surface area contributed by atoms with Crippen LogP contribution in [0.3, 0.4) is 0 Å². The number of methoxy groups -OCH3 is 1. The van der Waals surface area contributed by atoms with E-state index >= 15 is 0 Å². The van der Waals surface area contributed by atoms with Gasteiger partial charge >= 0.3 is 0 Å². The van der Waals surface area contributed by atoms with E-state index in [4.69, 9.17) is 10.5 Å². The van der Waals surface area contributed by atoms with E-state index in [1.54, 1.807) is 25.3 Å². The molecule has 1 amide bonds. The number of primary amides is 1. The number of allylic oxidation sites excluding steroid dienone is 1. The van der Waals surface area contributed by atoms with Gasteiger partial charge in [0.15, 0.2) is 0 Å². The number of anilines is 2. The van der Waals surface area contributed by atoms with E-state index in [1.165, 1.54) is 4.68 Å². The molecule has 9 nitrogen and oxygen atoms in total. The first-order valence-electron chi connectivity index (χ1n) is 12.8. The molecule has 0 spiro atoms. The summed E-state index contributed by atoms with van der Waals surface area (Å²) in [4.78, 5) is 28.5. The number of rotatable bonds is 10. The number of hydrogen-bond donors (Lipinski definition) is 3. The number of aromatic nitrogens is 3. The molecule has 3 aromatic carbocycles. The van der Waals surface area contributed by atoms with Crippen molar-refractivity contribution in [1.29, 1.82) is 0 Å². The van der Waals surface area contributed by atoms with Gasteiger partial charge in [-0.25, -0.2) is 4.98 Å². The summed E-state index contributed by atoms with van der Waals surface area (Å²) in [6.07, 6.45) is 0.660. The molecule has 0 radical (unpaired) electrons. The number of carbonyl (C=O) groups excluding carboxylic acids is 2. The van der Waals surface area contributed by atoms with Crippen molar-refractivity contribution in [2.75, 3.05) is 17.7 Å². The molecule has 9 heteroatoms. The zero-order valence-electron chi connectivity index (χ0n) is 22.5. The Morgan fingerprint density at radius 2 is 1.51 bits per heavy atom. The van der Waals surface area contributed by atoms with Gasteiger partial charge in [0.1, 0.15) is 34.6 Å². The van der Waals surface area contributed by atoms with Gasteiger partial charge in [-0.2, -0.15) is 9.78 Å². The van der Waals surface area contributed by atoms with Crippen LogP contribution >= 0.6 is 0 Å². The van der Waals surface area contributed by atoms with Crippen LogP contribution in [0.1, 0.15) is 23.0 Å². The monoisotopic (exact) mass is 544 g/mol. The molecule has 5 aromatic rings. The fourth-order valence-electron chi connectivity index (χ4n) is 4.40. The first-order chi connectivity index (χ1) is 20.0. The van der Waals surface area contributed by atoms with Crippen LogP contribution in [-0.4, -0.2) is 34.2 Å². The van der Waals surface area contributed by atoms with Crippen LogP contribution in [0.15, 0.2) is 109 Å². The lowest BCUT2D eigenvalue weighted by Gasteiger charge is -2.18. The molecule has 4 N–H and O–H groups in total. The van der Waals surface area contributed by atoms with Gasteiger partial charge in [-0.1, -0.05) is 78.9 Å². The molecule has 5 rings (SSSR count). The molecule has 2 aromatic heterocycles. The number of nitrogens with zero attached hydrogens (tertiary/aromatic N) is 3. The molecule has 0 saturated heterocycles. The van der Waals surface area contributed by atoms with E-state index in [9.17, 15) is 9.59 Å². The van der Waals surface area contributed by atoms with Crippen molar-refractivity contribution < 1.29 is 14.3 Å². The van der Waals surface area contributed by atoms with E-state index in [1.807, 2.05) is 91.9 Å². The first kappa shape index (κ1) is 26.9. The number of nitrogens with two attached hydrogens (primary N) is 1. The minimum Gasteiger partial charge on any atom is -0.497 e. The largest absolute Gasteiger partial charge is 0.497 e. The van der Waals surface area contributed by atoms with E-state index in [0.29, 0.717) is 29.6 Å².